The van der Waals surface area contributed by atoms with Crippen LogP contribution < -0.4 is 0 Å². The molecule has 2 aromatic rings. The fourth-order valence-electron chi connectivity index (χ4n) is 5.47. The first kappa shape index (κ1) is 18.6. The van der Waals surface area contributed by atoms with Gasteiger partial charge in [0.1, 0.15) is 0 Å². The Hall–Kier alpha value is -1.38. The summed E-state index contributed by atoms with van der Waals surface area (Å²) in [6.07, 6.45) is 13.6. The van der Waals surface area contributed by atoms with E-state index in [4.69, 9.17) is 0 Å². The Morgan fingerprint density at radius 1 is 0.714 bits per heavy atom. The van der Waals surface area contributed by atoms with Crippen molar-refractivity contribution >= 4 is 23.5 Å². The molecule has 4 unspecified atom stereocenters. The largest absolute Gasteiger partial charge is 0.122 e. The molecule has 2 heterocycles. The SMILES string of the molecule is [CH]1CCC(C2(c3ccccc3)CC=CS2)CC1C1(c2ccccc2)CC=CS1. The average Bonchev–Trinajstić information content (AvgIpc) is 3.47. The van der Waals surface area contributed by atoms with Gasteiger partial charge in [0.15, 0.2) is 0 Å². The third kappa shape index (κ3) is 3.09. The number of hydrogen-bond donors (Lipinski definition) is 0. The molecule has 0 saturated heterocycles. The van der Waals surface area contributed by atoms with Crippen LogP contribution in [0.5, 0.6) is 0 Å². The van der Waals surface area contributed by atoms with Crippen molar-refractivity contribution in [2.45, 2.75) is 41.6 Å². The zero-order valence-electron chi connectivity index (χ0n) is 16.2. The van der Waals surface area contributed by atoms with E-state index in [1.54, 1.807) is 0 Å². The Morgan fingerprint density at radius 3 is 1.86 bits per heavy atom. The van der Waals surface area contributed by atoms with E-state index in [2.05, 4.69) is 114 Å². The molecule has 0 aromatic heterocycles. The minimum atomic E-state index is 0.189. The van der Waals surface area contributed by atoms with Gasteiger partial charge in [-0.05, 0) is 72.3 Å². The molecule has 28 heavy (non-hydrogen) atoms. The normalized spacial score (nSPS) is 34.7. The first-order valence-corrected chi connectivity index (χ1v) is 12.2. The van der Waals surface area contributed by atoms with Crippen LogP contribution in [0.1, 0.15) is 43.2 Å². The van der Waals surface area contributed by atoms with Crippen LogP contribution in [0.3, 0.4) is 0 Å². The zero-order chi connectivity index (χ0) is 18.9. The Labute approximate surface area is 177 Å². The predicted molar refractivity (Wildman–Crippen MR) is 124 cm³/mol. The Kier molecular flexibility index (Phi) is 5.19. The van der Waals surface area contributed by atoms with Gasteiger partial charge < -0.3 is 0 Å². The van der Waals surface area contributed by atoms with E-state index in [1.165, 1.54) is 36.8 Å². The maximum Gasteiger partial charge on any atom is 0.0514 e. The van der Waals surface area contributed by atoms with Crippen LogP contribution >= 0.6 is 23.5 Å². The summed E-state index contributed by atoms with van der Waals surface area (Å²) in [6.45, 7) is 0. The van der Waals surface area contributed by atoms with Crippen LogP contribution in [0, 0.1) is 18.3 Å². The molecular formula is C26H27S2. The molecular weight excluding hydrogens is 376 g/mol. The maximum absolute atomic E-state index is 2.65. The van der Waals surface area contributed by atoms with Crippen LogP contribution in [0.15, 0.2) is 83.6 Å². The van der Waals surface area contributed by atoms with E-state index in [0.29, 0.717) is 11.8 Å². The third-order valence-corrected chi connectivity index (χ3v) is 9.82. The van der Waals surface area contributed by atoms with Gasteiger partial charge in [-0.1, -0.05) is 72.8 Å². The molecule has 1 saturated carbocycles. The first-order chi connectivity index (χ1) is 13.8. The summed E-state index contributed by atoms with van der Waals surface area (Å²) in [5.41, 5.74) is 3.01. The molecule has 2 aliphatic heterocycles. The Balaban J connectivity index is 1.47. The van der Waals surface area contributed by atoms with E-state index in [1.807, 2.05) is 0 Å². The van der Waals surface area contributed by atoms with E-state index in [0.717, 1.165) is 6.42 Å². The molecule has 0 nitrogen and oxygen atoms in total. The molecule has 2 aromatic carbocycles. The fraction of sp³-hybridized carbons (Fsp3) is 0.346. The topological polar surface area (TPSA) is 0 Å². The van der Waals surface area contributed by atoms with Gasteiger partial charge in [-0.25, -0.2) is 0 Å². The van der Waals surface area contributed by atoms with Crippen molar-refractivity contribution in [1.82, 2.24) is 0 Å². The van der Waals surface area contributed by atoms with Crippen LogP contribution in [0.25, 0.3) is 0 Å². The van der Waals surface area contributed by atoms with Crippen molar-refractivity contribution in [2.75, 3.05) is 0 Å². The minimum absolute atomic E-state index is 0.189. The summed E-state index contributed by atoms with van der Waals surface area (Å²) in [6, 6.07) is 22.5. The zero-order valence-corrected chi connectivity index (χ0v) is 17.8. The Morgan fingerprint density at radius 2 is 1.29 bits per heavy atom. The third-order valence-electron chi connectivity index (χ3n) is 6.88. The van der Waals surface area contributed by atoms with Gasteiger partial charge in [-0.3, -0.25) is 0 Å². The molecule has 0 amide bonds. The predicted octanol–water partition coefficient (Wildman–Crippen LogP) is 7.70. The lowest BCUT2D eigenvalue weighted by molar-refractivity contribution is 0.228. The smallest absolute Gasteiger partial charge is 0.0514 e. The van der Waals surface area contributed by atoms with Gasteiger partial charge in [0.25, 0.3) is 0 Å². The number of thioether (sulfide) groups is 2. The van der Waals surface area contributed by atoms with Crippen molar-refractivity contribution < 1.29 is 0 Å². The second-order valence-electron chi connectivity index (χ2n) is 8.25. The molecule has 0 N–H and O–H groups in total. The highest BCUT2D eigenvalue weighted by molar-refractivity contribution is 8.03. The summed E-state index contributed by atoms with van der Waals surface area (Å²) in [5, 5.41) is 4.68. The lowest BCUT2D eigenvalue weighted by Crippen LogP contribution is -2.40. The van der Waals surface area contributed by atoms with E-state index in [-0.39, 0.29) is 9.49 Å². The van der Waals surface area contributed by atoms with Crippen LogP contribution in [0.2, 0.25) is 0 Å². The molecule has 4 atom stereocenters. The number of allylic oxidation sites excluding steroid dienone is 2. The highest BCUT2D eigenvalue weighted by atomic mass is 32.2. The lowest BCUT2D eigenvalue weighted by atomic mass is 9.66. The summed E-state index contributed by atoms with van der Waals surface area (Å²) >= 11 is 4.13. The van der Waals surface area contributed by atoms with Crippen molar-refractivity contribution in [3.63, 3.8) is 0 Å². The number of hydrogen-bond acceptors (Lipinski definition) is 2. The molecule has 3 aliphatic rings. The second kappa shape index (κ2) is 7.80. The van der Waals surface area contributed by atoms with E-state index >= 15 is 0 Å². The van der Waals surface area contributed by atoms with Gasteiger partial charge in [-0.2, -0.15) is 0 Å². The summed E-state index contributed by atoms with van der Waals surface area (Å²) < 4.78 is 0.414. The molecule has 0 bridgehead atoms. The van der Waals surface area contributed by atoms with Gasteiger partial charge in [-0.15, -0.1) is 23.5 Å². The van der Waals surface area contributed by atoms with Crippen molar-refractivity contribution in [3.05, 3.63) is 101 Å². The van der Waals surface area contributed by atoms with E-state index < -0.39 is 0 Å². The van der Waals surface area contributed by atoms with E-state index in [9.17, 15) is 0 Å². The highest BCUT2D eigenvalue weighted by Gasteiger charge is 2.49. The van der Waals surface area contributed by atoms with Gasteiger partial charge in [0.2, 0.25) is 0 Å². The first-order valence-electron chi connectivity index (χ1n) is 10.4. The molecule has 2 heteroatoms. The van der Waals surface area contributed by atoms with Gasteiger partial charge in [0, 0.05) is 0 Å². The molecule has 1 radical (unpaired) electrons. The standard InChI is InChI=1S/C26H27S2/c1-3-10-21(11-4-1)25(16-8-18-27-25)23-14-7-15-24(20-23)26(17-9-19-28-26)22-12-5-2-6-13-22/h1-6,8-14,18-19,23-24H,7,15-17,20H2. The molecule has 0 spiro atoms. The highest BCUT2D eigenvalue weighted by Crippen LogP contribution is 2.60. The quantitative estimate of drug-likeness (QED) is 0.513. The molecule has 5 rings (SSSR count). The fourth-order valence-corrected chi connectivity index (χ4v) is 8.04. The molecule has 1 aliphatic carbocycles. The maximum atomic E-state index is 2.65. The Bertz CT molecular complexity index is 765. The van der Waals surface area contributed by atoms with Crippen LogP contribution in [0.4, 0.5) is 0 Å². The number of benzene rings is 2. The summed E-state index contributed by atoms with van der Waals surface area (Å²) in [7, 11) is 0. The van der Waals surface area contributed by atoms with Crippen molar-refractivity contribution in [3.8, 4) is 0 Å². The molecule has 1 fully saturated rings. The summed E-state index contributed by atoms with van der Waals surface area (Å²) in [4.78, 5) is 0. The summed E-state index contributed by atoms with van der Waals surface area (Å²) in [5.74, 6) is 1.34. The van der Waals surface area contributed by atoms with Crippen molar-refractivity contribution in [2.24, 2.45) is 11.8 Å². The second-order valence-corrected chi connectivity index (χ2v) is 10.7. The molecule has 143 valence electrons. The van der Waals surface area contributed by atoms with Gasteiger partial charge >= 0.3 is 0 Å². The van der Waals surface area contributed by atoms with Crippen molar-refractivity contribution in [1.29, 1.82) is 0 Å². The average molecular weight is 404 g/mol. The minimum Gasteiger partial charge on any atom is -0.122 e. The monoisotopic (exact) mass is 403 g/mol. The van der Waals surface area contributed by atoms with Crippen LogP contribution in [-0.4, -0.2) is 0 Å². The van der Waals surface area contributed by atoms with Gasteiger partial charge in [0.05, 0.1) is 9.49 Å². The number of rotatable bonds is 4. The van der Waals surface area contributed by atoms with Crippen LogP contribution in [-0.2, 0) is 9.49 Å². The lowest BCUT2D eigenvalue weighted by Gasteiger charge is -2.47.